The van der Waals surface area contributed by atoms with Crippen molar-refractivity contribution in [2.75, 3.05) is 19.6 Å². The topological polar surface area (TPSA) is 41.6 Å². The van der Waals surface area contributed by atoms with Crippen LogP contribution in [0.1, 0.15) is 36.0 Å². The average Bonchev–Trinajstić information content (AvgIpc) is 3.08. The van der Waals surface area contributed by atoms with Crippen molar-refractivity contribution in [2.24, 2.45) is 5.92 Å². The molecule has 1 amide bonds. The van der Waals surface area contributed by atoms with Crippen molar-refractivity contribution >= 4 is 18.3 Å². The summed E-state index contributed by atoms with van der Waals surface area (Å²) in [5.41, 5.74) is 0.391. The number of halogens is 4. The van der Waals surface area contributed by atoms with Crippen LogP contribution in [0, 0.1) is 5.92 Å². The van der Waals surface area contributed by atoms with E-state index in [2.05, 4.69) is 10.1 Å². The van der Waals surface area contributed by atoms with Gasteiger partial charge in [0.25, 0.3) is 5.91 Å². The third kappa shape index (κ3) is 5.25. The molecule has 4 nitrogen and oxygen atoms in total. The van der Waals surface area contributed by atoms with Crippen LogP contribution in [0.4, 0.5) is 13.2 Å². The summed E-state index contributed by atoms with van der Waals surface area (Å²) in [5, 5.41) is 3.52. The van der Waals surface area contributed by atoms with Gasteiger partial charge in [-0.1, -0.05) is 0 Å². The van der Waals surface area contributed by atoms with E-state index in [-0.39, 0.29) is 24.1 Å². The second kappa shape index (κ2) is 8.27. The Balaban J connectivity index is 0.00000225. The van der Waals surface area contributed by atoms with Gasteiger partial charge in [-0.3, -0.25) is 4.79 Å². The average molecular weight is 379 g/mol. The minimum atomic E-state index is -4.72. The van der Waals surface area contributed by atoms with E-state index in [1.165, 1.54) is 37.1 Å². The smallest absolute Gasteiger partial charge is 0.406 e. The first-order chi connectivity index (χ1) is 11.4. The minimum absolute atomic E-state index is 0. The summed E-state index contributed by atoms with van der Waals surface area (Å²) in [4.78, 5) is 14.3. The van der Waals surface area contributed by atoms with Gasteiger partial charge in [0.1, 0.15) is 5.75 Å². The summed E-state index contributed by atoms with van der Waals surface area (Å²) in [6, 6.07) is 5.69. The predicted molar refractivity (Wildman–Crippen MR) is 90.0 cm³/mol. The van der Waals surface area contributed by atoms with Crippen LogP contribution in [-0.4, -0.2) is 42.8 Å². The molecule has 0 bridgehead atoms. The van der Waals surface area contributed by atoms with Gasteiger partial charge in [-0.2, -0.15) is 0 Å². The van der Waals surface area contributed by atoms with Crippen molar-refractivity contribution in [2.45, 2.75) is 38.1 Å². The monoisotopic (exact) mass is 378 g/mol. The molecule has 0 spiro atoms. The molecule has 140 valence electrons. The van der Waals surface area contributed by atoms with Crippen LogP contribution >= 0.6 is 12.4 Å². The second-order valence-electron chi connectivity index (χ2n) is 6.40. The fourth-order valence-corrected chi connectivity index (χ4v) is 3.60. The number of carbonyl (C=O) groups is 1. The highest BCUT2D eigenvalue weighted by Crippen LogP contribution is 2.27. The number of alkyl halides is 3. The molecule has 8 heteroatoms. The fourth-order valence-electron chi connectivity index (χ4n) is 3.60. The maximum Gasteiger partial charge on any atom is 0.573 e. The van der Waals surface area contributed by atoms with Crippen LogP contribution < -0.4 is 10.1 Å². The number of ether oxygens (including phenoxy) is 1. The first-order valence-electron chi connectivity index (χ1n) is 8.31. The molecule has 2 heterocycles. The molecule has 0 aromatic heterocycles. The zero-order chi connectivity index (χ0) is 17.2. The summed E-state index contributed by atoms with van der Waals surface area (Å²) in [5.74, 6) is 0.163. The van der Waals surface area contributed by atoms with Crippen LogP contribution in [-0.2, 0) is 0 Å². The molecule has 1 unspecified atom stereocenters. The summed E-state index contributed by atoms with van der Waals surface area (Å²) in [7, 11) is 0. The molecule has 2 saturated heterocycles. The maximum absolute atomic E-state index is 12.5. The zero-order valence-electron chi connectivity index (χ0n) is 13.7. The lowest BCUT2D eigenvalue weighted by Gasteiger charge is -2.35. The molecule has 1 aromatic carbocycles. The van der Waals surface area contributed by atoms with Gasteiger partial charge in [0.05, 0.1) is 0 Å². The van der Waals surface area contributed by atoms with Gasteiger partial charge in [-0.15, -0.1) is 25.6 Å². The number of piperidine rings is 1. The molecule has 1 aromatic rings. The predicted octanol–water partition coefficient (Wildman–Crippen LogP) is 3.61. The van der Waals surface area contributed by atoms with Crippen LogP contribution in [0.15, 0.2) is 24.3 Å². The molecule has 2 fully saturated rings. The van der Waals surface area contributed by atoms with Crippen LogP contribution in [0.3, 0.4) is 0 Å². The Morgan fingerprint density at radius 3 is 2.28 bits per heavy atom. The second-order valence-corrected chi connectivity index (χ2v) is 6.40. The van der Waals surface area contributed by atoms with Crippen molar-refractivity contribution in [1.82, 2.24) is 10.2 Å². The van der Waals surface area contributed by atoms with Gasteiger partial charge in [0.15, 0.2) is 0 Å². The Labute approximate surface area is 151 Å². The van der Waals surface area contributed by atoms with Crippen molar-refractivity contribution in [3.63, 3.8) is 0 Å². The Bertz CT molecular complexity index is 566. The molecule has 25 heavy (non-hydrogen) atoms. The Morgan fingerprint density at radius 1 is 1.12 bits per heavy atom. The quantitative estimate of drug-likeness (QED) is 0.873. The lowest BCUT2D eigenvalue weighted by molar-refractivity contribution is -0.274. The van der Waals surface area contributed by atoms with Crippen molar-refractivity contribution in [3.05, 3.63) is 29.8 Å². The molecule has 0 radical (unpaired) electrons. The lowest BCUT2D eigenvalue weighted by Crippen LogP contribution is -2.43. The minimum Gasteiger partial charge on any atom is -0.406 e. The normalized spacial score (nSPS) is 21.7. The van der Waals surface area contributed by atoms with Gasteiger partial charge in [0.2, 0.25) is 0 Å². The number of rotatable bonds is 3. The summed E-state index contributed by atoms with van der Waals surface area (Å²) >= 11 is 0. The van der Waals surface area contributed by atoms with Gasteiger partial charge in [-0.05, 0) is 62.4 Å². The zero-order valence-corrected chi connectivity index (χ0v) is 14.5. The molecule has 3 rings (SSSR count). The number of nitrogens with zero attached hydrogens (tertiary/aromatic N) is 1. The van der Waals surface area contributed by atoms with E-state index in [1.54, 1.807) is 4.90 Å². The summed E-state index contributed by atoms with van der Waals surface area (Å²) < 4.78 is 40.3. The number of carbonyl (C=O) groups excluding carboxylic acids is 1. The van der Waals surface area contributed by atoms with Crippen molar-refractivity contribution < 1.29 is 22.7 Å². The van der Waals surface area contributed by atoms with E-state index in [9.17, 15) is 18.0 Å². The lowest BCUT2D eigenvalue weighted by atomic mass is 9.88. The largest absolute Gasteiger partial charge is 0.573 e. The van der Waals surface area contributed by atoms with E-state index >= 15 is 0 Å². The Hall–Kier alpha value is -1.47. The maximum atomic E-state index is 12.5. The van der Waals surface area contributed by atoms with Crippen molar-refractivity contribution in [1.29, 1.82) is 0 Å². The first-order valence-corrected chi connectivity index (χ1v) is 8.31. The molecule has 1 N–H and O–H groups in total. The van der Waals surface area contributed by atoms with E-state index in [1.807, 2.05) is 0 Å². The number of nitrogens with one attached hydrogen (secondary N) is 1. The van der Waals surface area contributed by atoms with Gasteiger partial charge >= 0.3 is 6.36 Å². The Morgan fingerprint density at radius 2 is 1.76 bits per heavy atom. The molecule has 0 aliphatic carbocycles. The van der Waals surface area contributed by atoms with E-state index < -0.39 is 6.36 Å². The van der Waals surface area contributed by atoms with Gasteiger partial charge in [0, 0.05) is 24.7 Å². The highest BCUT2D eigenvalue weighted by Gasteiger charge is 2.32. The molecular weight excluding hydrogens is 357 g/mol. The van der Waals surface area contributed by atoms with E-state index in [0.29, 0.717) is 30.6 Å². The first kappa shape index (κ1) is 19.8. The number of likely N-dealkylation sites (tertiary alicyclic amines) is 1. The fraction of sp³-hybridized carbons (Fsp3) is 0.588. The molecular formula is C17H22ClF3N2O2. The number of benzene rings is 1. The van der Waals surface area contributed by atoms with E-state index in [0.717, 1.165) is 19.4 Å². The van der Waals surface area contributed by atoms with E-state index in [4.69, 9.17) is 0 Å². The summed E-state index contributed by atoms with van der Waals surface area (Å²) in [6.07, 6.45) is -0.353. The number of hydrogen-bond acceptors (Lipinski definition) is 3. The van der Waals surface area contributed by atoms with Gasteiger partial charge in [-0.25, -0.2) is 0 Å². The Kier molecular flexibility index (Phi) is 6.57. The summed E-state index contributed by atoms with van der Waals surface area (Å²) in [6.45, 7) is 2.47. The number of hydrogen-bond donors (Lipinski definition) is 1. The highest BCUT2D eigenvalue weighted by molar-refractivity contribution is 5.94. The van der Waals surface area contributed by atoms with Crippen LogP contribution in [0.5, 0.6) is 5.75 Å². The molecule has 1 atom stereocenters. The standard InChI is InChI=1S/C17H21F3N2O2.ClH/c18-17(19,20)24-14-5-3-13(4-6-14)16(23)22-10-7-12(8-11-22)15-2-1-9-21-15;/h3-6,12,15,21H,1-2,7-11H2;1H. The third-order valence-electron chi connectivity index (χ3n) is 4.83. The molecule has 2 aliphatic rings. The SMILES string of the molecule is Cl.O=C(c1ccc(OC(F)(F)F)cc1)N1CCC(C2CCCN2)CC1. The number of amides is 1. The van der Waals surface area contributed by atoms with Crippen molar-refractivity contribution in [3.8, 4) is 5.75 Å². The van der Waals surface area contributed by atoms with Crippen LogP contribution in [0.2, 0.25) is 0 Å². The van der Waals surface area contributed by atoms with Crippen LogP contribution in [0.25, 0.3) is 0 Å². The molecule has 0 saturated carbocycles. The highest BCUT2D eigenvalue weighted by atomic mass is 35.5. The van der Waals surface area contributed by atoms with Gasteiger partial charge < -0.3 is 15.0 Å². The molecule has 2 aliphatic heterocycles. The third-order valence-corrected chi connectivity index (χ3v) is 4.83.